The van der Waals surface area contributed by atoms with Crippen LogP contribution in [0, 0.1) is 6.92 Å². The van der Waals surface area contributed by atoms with Crippen LogP contribution in [0.3, 0.4) is 0 Å². The summed E-state index contributed by atoms with van der Waals surface area (Å²) in [6.07, 6.45) is 0. The van der Waals surface area contributed by atoms with Crippen molar-refractivity contribution in [3.05, 3.63) is 29.3 Å². The average molecular weight is 291 g/mol. The van der Waals surface area contributed by atoms with Crippen molar-refractivity contribution < 1.29 is 4.74 Å². The third-order valence-corrected chi connectivity index (χ3v) is 4.33. The van der Waals surface area contributed by atoms with Crippen molar-refractivity contribution >= 4 is 5.69 Å². The van der Waals surface area contributed by atoms with E-state index >= 15 is 0 Å². The molecule has 0 amide bonds. The van der Waals surface area contributed by atoms with Gasteiger partial charge < -0.3 is 19.9 Å². The molecule has 4 nitrogen and oxygen atoms in total. The van der Waals surface area contributed by atoms with Gasteiger partial charge in [0.05, 0.1) is 6.61 Å². The summed E-state index contributed by atoms with van der Waals surface area (Å²) in [5.74, 6) is 0. The zero-order chi connectivity index (χ0) is 15.2. The van der Waals surface area contributed by atoms with Crippen LogP contribution < -0.4 is 10.2 Å². The van der Waals surface area contributed by atoms with Crippen LogP contribution in [0.1, 0.15) is 18.1 Å². The van der Waals surface area contributed by atoms with Gasteiger partial charge in [-0.05, 0) is 32.5 Å². The van der Waals surface area contributed by atoms with E-state index in [4.69, 9.17) is 4.74 Å². The van der Waals surface area contributed by atoms with Gasteiger partial charge in [-0.2, -0.15) is 0 Å². The van der Waals surface area contributed by atoms with Crippen molar-refractivity contribution in [2.75, 3.05) is 51.8 Å². The lowest BCUT2D eigenvalue weighted by Crippen LogP contribution is -2.50. The van der Waals surface area contributed by atoms with Crippen molar-refractivity contribution in [3.63, 3.8) is 0 Å². The fraction of sp³-hybridized carbons (Fsp3) is 0.647. The molecule has 21 heavy (non-hydrogen) atoms. The molecule has 0 spiro atoms. The molecule has 4 heteroatoms. The van der Waals surface area contributed by atoms with E-state index in [1.165, 1.54) is 16.8 Å². The lowest BCUT2D eigenvalue weighted by molar-refractivity contribution is 0.199. The molecule has 0 radical (unpaired) electrons. The molecule has 1 atom stereocenters. The molecule has 1 aromatic rings. The maximum absolute atomic E-state index is 5.10. The smallest absolute Gasteiger partial charge is 0.0587 e. The van der Waals surface area contributed by atoms with Gasteiger partial charge in [0.25, 0.3) is 0 Å². The minimum Gasteiger partial charge on any atom is -0.383 e. The summed E-state index contributed by atoms with van der Waals surface area (Å²) < 4.78 is 5.10. The molecule has 2 rings (SSSR count). The first-order chi connectivity index (χ1) is 10.1. The van der Waals surface area contributed by atoms with E-state index in [1.54, 1.807) is 7.11 Å². The second kappa shape index (κ2) is 7.78. The zero-order valence-corrected chi connectivity index (χ0v) is 13.9. The Labute approximate surface area is 129 Å². The van der Waals surface area contributed by atoms with Gasteiger partial charge in [0.2, 0.25) is 0 Å². The molecular weight excluding hydrogens is 262 g/mol. The number of nitrogens with zero attached hydrogens (tertiary/aromatic N) is 2. The predicted molar refractivity (Wildman–Crippen MR) is 89.1 cm³/mol. The Kier molecular flexibility index (Phi) is 6.03. The number of benzene rings is 1. The highest BCUT2D eigenvalue weighted by Gasteiger charge is 2.22. The lowest BCUT2D eigenvalue weighted by Gasteiger charge is -2.40. The Bertz CT molecular complexity index is 450. The van der Waals surface area contributed by atoms with Crippen LogP contribution in [-0.4, -0.2) is 57.9 Å². The fourth-order valence-corrected chi connectivity index (χ4v) is 2.83. The monoisotopic (exact) mass is 291 g/mol. The molecule has 1 N–H and O–H groups in total. The highest BCUT2D eigenvalue weighted by atomic mass is 16.5. The van der Waals surface area contributed by atoms with Crippen LogP contribution in [0.25, 0.3) is 0 Å². The molecule has 0 saturated carbocycles. The number of methoxy groups -OCH3 is 1. The van der Waals surface area contributed by atoms with Crippen molar-refractivity contribution in [2.45, 2.75) is 26.4 Å². The number of hydrogen-bond donors (Lipinski definition) is 1. The van der Waals surface area contributed by atoms with Gasteiger partial charge in [-0.25, -0.2) is 0 Å². The summed E-state index contributed by atoms with van der Waals surface area (Å²) in [5, 5.41) is 3.47. The van der Waals surface area contributed by atoms with Gasteiger partial charge >= 0.3 is 0 Å². The molecule has 118 valence electrons. The lowest BCUT2D eigenvalue weighted by atomic mass is 10.1. The molecule has 0 aliphatic carbocycles. The normalized spacial score (nSPS) is 20.0. The largest absolute Gasteiger partial charge is 0.383 e. The van der Waals surface area contributed by atoms with E-state index in [-0.39, 0.29) is 0 Å². The van der Waals surface area contributed by atoms with Crippen LogP contribution in [0.4, 0.5) is 5.69 Å². The second-order valence-corrected chi connectivity index (χ2v) is 6.08. The third-order valence-electron chi connectivity index (χ3n) is 4.33. The van der Waals surface area contributed by atoms with Crippen molar-refractivity contribution in [1.82, 2.24) is 10.2 Å². The summed E-state index contributed by atoms with van der Waals surface area (Å²) in [5.41, 5.74) is 4.10. The zero-order valence-electron chi connectivity index (χ0n) is 13.9. The van der Waals surface area contributed by atoms with Gasteiger partial charge in [-0.3, -0.25) is 0 Å². The quantitative estimate of drug-likeness (QED) is 0.810. The van der Waals surface area contributed by atoms with Gasteiger partial charge in [0.1, 0.15) is 0 Å². The van der Waals surface area contributed by atoms with Crippen molar-refractivity contribution in [2.24, 2.45) is 0 Å². The Morgan fingerprint density at radius 2 is 2.14 bits per heavy atom. The van der Waals surface area contributed by atoms with Gasteiger partial charge in [0.15, 0.2) is 0 Å². The van der Waals surface area contributed by atoms with Crippen LogP contribution in [-0.2, 0) is 11.3 Å². The summed E-state index contributed by atoms with van der Waals surface area (Å²) in [4.78, 5) is 4.96. The standard InChI is InChI=1S/C17H29N3O/c1-14-5-6-17(16(11-14)12-18-7-10-21-4)20-9-8-19(3)15(2)13-20/h5-6,11,15,18H,7-10,12-13H2,1-4H3. The Hall–Kier alpha value is -1.10. The molecule has 1 heterocycles. The number of piperazine rings is 1. The summed E-state index contributed by atoms with van der Waals surface area (Å²) in [7, 11) is 3.95. The number of rotatable bonds is 6. The number of nitrogens with one attached hydrogen (secondary N) is 1. The van der Waals surface area contributed by atoms with E-state index in [9.17, 15) is 0 Å². The number of anilines is 1. The van der Waals surface area contributed by atoms with Crippen molar-refractivity contribution in [3.8, 4) is 0 Å². The first-order valence-corrected chi connectivity index (χ1v) is 7.86. The first kappa shape index (κ1) is 16.3. The van der Waals surface area contributed by atoms with Gasteiger partial charge in [-0.1, -0.05) is 17.7 Å². The molecule has 1 aromatic carbocycles. The summed E-state index contributed by atoms with van der Waals surface area (Å²) >= 11 is 0. The average Bonchev–Trinajstić information content (AvgIpc) is 2.47. The maximum atomic E-state index is 5.10. The van der Waals surface area contributed by atoms with Crippen LogP contribution in [0.2, 0.25) is 0 Å². The maximum Gasteiger partial charge on any atom is 0.0587 e. The van der Waals surface area contributed by atoms with E-state index in [0.717, 1.165) is 39.3 Å². The number of aryl methyl sites for hydroxylation is 1. The van der Waals surface area contributed by atoms with Crippen molar-refractivity contribution in [1.29, 1.82) is 0 Å². The highest BCUT2D eigenvalue weighted by Crippen LogP contribution is 2.24. The van der Waals surface area contributed by atoms with Crippen LogP contribution in [0.5, 0.6) is 0 Å². The first-order valence-electron chi connectivity index (χ1n) is 7.86. The fourth-order valence-electron chi connectivity index (χ4n) is 2.83. The second-order valence-electron chi connectivity index (χ2n) is 6.08. The molecule has 0 bridgehead atoms. The molecule has 1 unspecified atom stereocenters. The molecule has 0 aromatic heterocycles. The number of hydrogen-bond acceptors (Lipinski definition) is 4. The molecule has 1 saturated heterocycles. The Morgan fingerprint density at radius 1 is 1.33 bits per heavy atom. The van der Waals surface area contributed by atoms with E-state index in [1.807, 2.05) is 0 Å². The van der Waals surface area contributed by atoms with Gasteiger partial charge in [0, 0.05) is 51.6 Å². The SMILES string of the molecule is COCCNCc1cc(C)ccc1N1CCN(C)C(C)C1. The summed E-state index contributed by atoms with van der Waals surface area (Å²) in [6, 6.07) is 7.41. The molecule has 1 aliphatic heterocycles. The van der Waals surface area contributed by atoms with E-state index in [2.05, 4.69) is 54.2 Å². The minimum absolute atomic E-state index is 0.606. The van der Waals surface area contributed by atoms with Gasteiger partial charge in [-0.15, -0.1) is 0 Å². The van der Waals surface area contributed by atoms with E-state index in [0.29, 0.717) is 6.04 Å². The molecule has 1 fully saturated rings. The predicted octanol–water partition coefficient (Wildman–Crippen LogP) is 1.87. The molecule has 1 aliphatic rings. The Balaban J connectivity index is 2.07. The van der Waals surface area contributed by atoms with Crippen LogP contribution >= 0.6 is 0 Å². The van der Waals surface area contributed by atoms with E-state index < -0.39 is 0 Å². The summed E-state index contributed by atoms with van der Waals surface area (Å²) in [6.45, 7) is 10.4. The minimum atomic E-state index is 0.606. The third kappa shape index (κ3) is 4.43. The molecular formula is C17H29N3O. The number of likely N-dealkylation sites (N-methyl/N-ethyl adjacent to an activating group) is 1. The topological polar surface area (TPSA) is 27.7 Å². The number of ether oxygens (including phenoxy) is 1. The highest BCUT2D eigenvalue weighted by molar-refractivity contribution is 5.55. The van der Waals surface area contributed by atoms with Crippen LogP contribution in [0.15, 0.2) is 18.2 Å². The Morgan fingerprint density at radius 3 is 2.86 bits per heavy atom.